The summed E-state index contributed by atoms with van der Waals surface area (Å²) in [6.07, 6.45) is 13.5. The summed E-state index contributed by atoms with van der Waals surface area (Å²) in [5, 5.41) is 17.7. The molecule has 0 bridgehead atoms. The van der Waals surface area contributed by atoms with E-state index in [2.05, 4.69) is 6.92 Å². The highest BCUT2D eigenvalue weighted by Gasteiger charge is 2.06. The summed E-state index contributed by atoms with van der Waals surface area (Å²) in [5.41, 5.74) is 0. The van der Waals surface area contributed by atoms with Gasteiger partial charge in [-0.1, -0.05) is 71.1 Å². The van der Waals surface area contributed by atoms with Crippen molar-refractivity contribution in [3.63, 3.8) is 0 Å². The molecule has 0 aromatic carbocycles. The Morgan fingerprint density at radius 2 is 1.35 bits per heavy atom. The van der Waals surface area contributed by atoms with E-state index in [0.717, 1.165) is 12.8 Å². The first kappa shape index (κ1) is 19.4. The van der Waals surface area contributed by atoms with Gasteiger partial charge in [0.2, 0.25) is 0 Å². The van der Waals surface area contributed by atoms with Crippen LogP contribution in [-0.2, 0) is 9.53 Å². The van der Waals surface area contributed by atoms with E-state index in [1.165, 1.54) is 57.8 Å². The Labute approximate surface area is 123 Å². The Balaban J connectivity index is 3.10. The van der Waals surface area contributed by atoms with Crippen LogP contribution in [0.3, 0.4) is 0 Å². The lowest BCUT2D eigenvalue weighted by Crippen LogP contribution is -2.17. The summed E-state index contributed by atoms with van der Waals surface area (Å²) in [5.74, 6) is -1.04. The number of hydrogen-bond acceptors (Lipinski definition) is 3. The van der Waals surface area contributed by atoms with Crippen LogP contribution >= 0.6 is 0 Å². The summed E-state index contributed by atoms with van der Waals surface area (Å²) < 4.78 is 4.75. The molecule has 0 aromatic heterocycles. The molecule has 4 nitrogen and oxygen atoms in total. The van der Waals surface area contributed by atoms with Gasteiger partial charge in [-0.3, -0.25) is 0 Å². The van der Waals surface area contributed by atoms with Gasteiger partial charge in [-0.15, -0.1) is 0 Å². The Kier molecular flexibility index (Phi) is 14.3. The van der Waals surface area contributed by atoms with Crippen LogP contribution in [0.15, 0.2) is 0 Å². The van der Waals surface area contributed by atoms with Crippen LogP contribution in [0.25, 0.3) is 0 Å². The van der Waals surface area contributed by atoms with Gasteiger partial charge < -0.3 is 14.9 Å². The molecule has 0 aliphatic carbocycles. The number of carbonyl (C=O) groups is 1. The van der Waals surface area contributed by atoms with Crippen molar-refractivity contribution in [1.82, 2.24) is 0 Å². The predicted octanol–water partition coefficient (Wildman–Crippen LogP) is 4.11. The number of carboxylic acids is 1. The smallest absolute Gasteiger partial charge is 0.329 e. The quantitative estimate of drug-likeness (QED) is 0.351. The second-order valence-electron chi connectivity index (χ2n) is 5.48. The van der Waals surface area contributed by atoms with Gasteiger partial charge in [0.05, 0.1) is 0 Å². The lowest BCUT2D eigenvalue weighted by atomic mass is 10.1. The zero-order chi connectivity index (χ0) is 15.1. The van der Waals surface area contributed by atoms with E-state index in [9.17, 15) is 9.90 Å². The fraction of sp³-hybridized carbons (Fsp3) is 0.938. The predicted molar refractivity (Wildman–Crippen MR) is 80.7 cm³/mol. The maximum absolute atomic E-state index is 10.2. The fourth-order valence-corrected chi connectivity index (χ4v) is 2.23. The number of carboxylic acid groups (broad SMARTS) is 1. The highest BCUT2D eigenvalue weighted by atomic mass is 16.6. The molecular formula is C16H32O4. The fourth-order valence-electron chi connectivity index (χ4n) is 2.23. The first-order valence-corrected chi connectivity index (χ1v) is 8.18. The summed E-state index contributed by atoms with van der Waals surface area (Å²) in [7, 11) is 0. The Morgan fingerprint density at radius 1 is 0.900 bits per heavy atom. The van der Waals surface area contributed by atoms with Crippen molar-refractivity contribution in [2.45, 2.75) is 90.3 Å². The lowest BCUT2D eigenvalue weighted by Gasteiger charge is -2.09. The standard InChI is InChI=1S/C16H32O4/c1-2-3-4-5-6-7-8-9-10-11-12-13-16(19)20-14-15(17)18/h16,19H,2-14H2,1H3,(H,17,18). The molecule has 0 aliphatic rings. The molecule has 4 heteroatoms. The van der Waals surface area contributed by atoms with Crippen molar-refractivity contribution >= 4 is 5.97 Å². The molecule has 1 atom stereocenters. The molecule has 0 aromatic rings. The third-order valence-corrected chi connectivity index (χ3v) is 3.45. The average Bonchev–Trinajstić information content (AvgIpc) is 2.42. The van der Waals surface area contributed by atoms with E-state index in [-0.39, 0.29) is 0 Å². The number of rotatable bonds is 15. The molecule has 2 N–H and O–H groups in total. The molecule has 120 valence electrons. The molecular weight excluding hydrogens is 256 g/mol. The number of unbranched alkanes of at least 4 members (excludes halogenated alkanes) is 10. The number of aliphatic hydroxyl groups is 1. The maximum Gasteiger partial charge on any atom is 0.329 e. The highest BCUT2D eigenvalue weighted by molar-refractivity contribution is 5.67. The van der Waals surface area contributed by atoms with Crippen LogP contribution in [0.4, 0.5) is 0 Å². The minimum absolute atomic E-state index is 0.417. The Bertz CT molecular complexity index is 219. The Morgan fingerprint density at radius 3 is 1.80 bits per heavy atom. The second-order valence-corrected chi connectivity index (χ2v) is 5.48. The largest absolute Gasteiger partial charge is 0.480 e. The van der Waals surface area contributed by atoms with E-state index >= 15 is 0 Å². The molecule has 0 rings (SSSR count). The van der Waals surface area contributed by atoms with Gasteiger partial charge in [0, 0.05) is 0 Å². The van der Waals surface area contributed by atoms with E-state index in [4.69, 9.17) is 9.84 Å². The average molecular weight is 288 g/mol. The van der Waals surface area contributed by atoms with Crippen molar-refractivity contribution in [1.29, 1.82) is 0 Å². The highest BCUT2D eigenvalue weighted by Crippen LogP contribution is 2.12. The topological polar surface area (TPSA) is 66.8 Å². The molecule has 0 heterocycles. The first-order valence-electron chi connectivity index (χ1n) is 8.18. The zero-order valence-corrected chi connectivity index (χ0v) is 13.0. The zero-order valence-electron chi connectivity index (χ0n) is 13.0. The summed E-state index contributed by atoms with van der Waals surface area (Å²) in [4.78, 5) is 10.2. The lowest BCUT2D eigenvalue weighted by molar-refractivity contribution is -0.157. The molecule has 0 radical (unpaired) electrons. The molecule has 1 unspecified atom stereocenters. The van der Waals surface area contributed by atoms with Crippen LogP contribution in [-0.4, -0.2) is 29.1 Å². The number of ether oxygens (including phenoxy) is 1. The third-order valence-electron chi connectivity index (χ3n) is 3.45. The molecule has 0 amide bonds. The van der Waals surface area contributed by atoms with E-state index in [0.29, 0.717) is 6.42 Å². The van der Waals surface area contributed by atoms with Gasteiger partial charge in [0.15, 0.2) is 6.29 Å². The molecule has 0 fully saturated rings. The van der Waals surface area contributed by atoms with Crippen molar-refractivity contribution in [2.24, 2.45) is 0 Å². The molecule has 20 heavy (non-hydrogen) atoms. The van der Waals surface area contributed by atoms with Gasteiger partial charge in [0.25, 0.3) is 0 Å². The molecule has 0 spiro atoms. The van der Waals surface area contributed by atoms with Crippen LogP contribution in [0.2, 0.25) is 0 Å². The summed E-state index contributed by atoms with van der Waals surface area (Å²) in [6, 6.07) is 0. The SMILES string of the molecule is CCCCCCCCCCCCCC(O)OCC(=O)O. The maximum atomic E-state index is 10.2. The molecule has 0 saturated carbocycles. The van der Waals surface area contributed by atoms with Crippen molar-refractivity contribution in [3.8, 4) is 0 Å². The van der Waals surface area contributed by atoms with Gasteiger partial charge in [-0.05, 0) is 12.8 Å². The third kappa shape index (κ3) is 15.4. The van der Waals surface area contributed by atoms with E-state index in [1.54, 1.807) is 0 Å². The van der Waals surface area contributed by atoms with Crippen LogP contribution in [0.5, 0.6) is 0 Å². The van der Waals surface area contributed by atoms with Crippen molar-refractivity contribution in [2.75, 3.05) is 6.61 Å². The van der Waals surface area contributed by atoms with E-state index < -0.39 is 18.9 Å². The summed E-state index contributed by atoms with van der Waals surface area (Å²) in [6.45, 7) is 1.82. The van der Waals surface area contributed by atoms with Crippen LogP contribution in [0.1, 0.15) is 84.0 Å². The first-order chi connectivity index (χ1) is 9.66. The van der Waals surface area contributed by atoms with Crippen LogP contribution < -0.4 is 0 Å². The van der Waals surface area contributed by atoms with Gasteiger partial charge >= 0.3 is 5.97 Å². The van der Waals surface area contributed by atoms with Gasteiger partial charge in [-0.25, -0.2) is 4.79 Å². The van der Waals surface area contributed by atoms with Gasteiger partial charge in [-0.2, -0.15) is 0 Å². The van der Waals surface area contributed by atoms with Crippen molar-refractivity contribution < 1.29 is 19.7 Å². The normalized spacial score (nSPS) is 12.5. The van der Waals surface area contributed by atoms with Crippen LogP contribution in [0, 0.1) is 0 Å². The van der Waals surface area contributed by atoms with E-state index in [1.807, 2.05) is 0 Å². The number of aliphatic hydroxyl groups excluding tert-OH is 1. The summed E-state index contributed by atoms with van der Waals surface area (Å²) >= 11 is 0. The van der Waals surface area contributed by atoms with Crippen molar-refractivity contribution in [3.05, 3.63) is 0 Å². The van der Waals surface area contributed by atoms with Gasteiger partial charge in [0.1, 0.15) is 6.61 Å². The molecule has 0 saturated heterocycles. The Hall–Kier alpha value is -0.610. The number of hydrogen-bond donors (Lipinski definition) is 2. The molecule has 0 aliphatic heterocycles. The minimum atomic E-state index is -1.04. The number of aliphatic carboxylic acids is 1. The second kappa shape index (κ2) is 14.8. The monoisotopic (exact) mass is 288 g/mol. The minimum Gasteiger partial charge on any atom is -0.480 e.